The van der Waals surface area contributed by atoms with Gasteiger partial charge in [-0.2, -0.15) is 0 Å². The Labute approximate surface area is 112 Å². The van der Waals surface area contributed by atoms with Crippen LogP contribution in [0.2, 0.25) is 0 Å². The van der Waals surface area contributed by atoms with Gasteiger partial charge in [0.1, 0.15) is 11.1 Å². The van der Waals surface area contributed by atoms with Crippen molar-refractivity contribution in [3.8, 4) is 0 Å². The Morgan fingerprint density at radius 1 is 1.56 bits per heavy atom. The van der Waals surface area contributed by atoms with Crippen LogP contribution in [0.5, 0.6) is 0 Å². The second kappa shape index (κ2) is 5.25. The molecule has 2 heterocycles. The van der Waals surface area contributed by atoms with Crippen LogP contribution in [0.25, 0.3) is 0 Å². The maximum atomic E-state index is 9.99. The van der Waals surface area contributed by atoms with Crippen LogP contribution in [0.3, 0.4) is 0 Å². The Hall–Kier alpha value is -0.490. The Kier molecular flexibility index (Phi) is 3.66. The number of thiazole rings is 1. The van der Waals surface area contributed by atoms with E-state index in [-0.39, 0.29) is 12.2 Å². The highest BCUT2D eigenvalue weighted by atomic mass is 32.1. The summed E-state index contributed by atoms with van der Waals surface area (Å²) >= 11 is 1.65. The zero-order chi connectivity index (χ0) is 12.5. The zero-order valence-corrected chi connectivity index (χ0v) is 11.6. The van der Waals surface area contributed by atoms with Crippen molar-refractivity contribution in [2.75, 3.05) is 26.2 Å². The molecule has 100 valence electrons. The molecule has 0 spiro atoms. The first-order valence-electron chi connectivity index (χ1n) is 6.79. The van der Waals surface area contributed by atoms with E-state index in [1.54, 1.807) is 11.3 Å². The fourth-order valence-corrected chi connectivity index (χ4v) is 3.87. The van der Waals surface area contributed by atoms with Gasteiger partial charge in [-0.1, -0.05) is 6.92 Å². The number of fused-ring (bicyclic) bond motifs is 1. The quantitative estimate of drug-likeness (QED) is 0.890. The second-order valence-electron chi connectivity index (χ2n) is 5.02. The molecule has 2 atom stereocenters. The maximum absolute atomic E-state index is 9.99. The predicted octanol–water partition coefficient (Wildman–Crippen LogP) is 1.91. The Morgan fingerprint density at radius 2 is 2.44 bits per heavy atom. The third kappa shape index (κ3) is 2.32. The van der Waals surface area contributed by atoms with Crippen molar-refractivity contribution in [3.63, 3.8) is 0 Å². The van der Waals surface area contributed by atoms with Crippen LogP contribution in [0, 0.1) is 0 Å². The molecule has 2 aliphatic rings. The van der Waals surface area contributed by atoms with Gasteiger partial charge in [0.15, 0.2) is 0 Å². The predicted molar refractivity (Wildman–Crippen MR) is 70.8 cm³/mol. The molecule has 3 rings (SSSR count). The van der Waals surface area contributed by atoms with Crippen molar-refractivity contribution in [1.29, 1.82) is 0 Å². The molecule has 1 aliphatic carbocycles. The van der Waals surface area contributed by atoms with Crippen LogP contribution < -0.4 is 0 Å². The normalized spacial score (nSPS) is 29.2. The van der Waals surface area contributed by atoms with Crippen molar-refractivity contribution >= 4 is 11.3 Å². The Bertz CT molecular complexity index is 421. The number of rotatable bonds is 2. The van der Waals surface area contributed by atoms with Crippen LogP contribution in [-0.2, 0) is 11.2 Å². The molecule has 0 bridgehead atoms. The SMILES string of the molecule is CCN1CCOC(c2nc3c(s2)C(O)CCC3)C1. The average Bonchev–Trinajstić information content (AvgIpc) is 2.84. The highest BCUT2D eigenvalue weighted by molar-refractivity contribution is 7.11. The molecule has 0 radical (unpaired) electrons. The van der Waals surface area contributed by atoms with Crippen molar-refractivity contribution in [1.82, 2.24) is 9.88 Å². The van der Waals surface area contributed by atoms with E-state index >= 15 is 0 Å². The lowest BCUT2D eigenvalue weighted by molar-refractivity contribution is -0.0283. The Balaban J connectivity index is 1.80. The van der Waals surface area contributed by atoms with Crippen LogP contribution in [0.4, 0.5) is 0 Å². The summed E-state index contributed by atoms with van der Waals surface area (Å²) in [6.07, 6.45) is 2.73. The molecule has 5 heteroatoms. The number of hydrogen-bond donors (Lipinski definition) is 1. The molecular weight excluding hydrogens is 248 g/mol. The summed E-state index contributed by atoms with van der Waals surface area (Å²) in [5, 5.41) is 11.0. The lowest BCUT2D eigenvalue weighted by atomic mass is 10.0. The summed E-state index contributed by atoms with van der Waals surface area (Å²) in [4.78, 5) is 8.17. The van der Waals surface area contributed by atoms with Gasteiger partial charge in [0.25, 0.3) is 0 Å². The summed E-state index contributed by atoms with van der Waals surface area (Å²) in [5.41, 5.74) is 1.10. The smallest absolute Gasteiger partial charge is 0.123 e. The summed E-state index contributed by atoms with van der Waals surface area (Å²) in [6, 6.07) is 0. The molecule has 1 fully saturated rings. The minimum atomic E-state index is -0.300. The molecule has 18 heavy (non-hydrogen) atoms. The van der Waals surface area contributed by atoms with Gasteiger partial charge in [-0.05, 0) is 25.8 Å². The van der Waals surface area contributed by atoms with Crippen LogP contribution in [0.15, 0.2) is 0 Å². The number of ether oxygens (including phenoxy) is 1. The minimum Gasteiger partial charge on any atom is -0.388 e. The van der Waals surface area contributed by atoms with Crippen molar-refractivity contribution in [3.05, 3.63) is 15.6 Å². The highest BCUT2D eigenvalue weighted by Crippen LogP contribution is 2.37. The molecule has 1 aromatic heterocycles. The molecule has 0 saturated carbocycles. The van der Waals surface area contributed by atoms with Crippen LogP contribution in [-0.4, -0.2) is 41.2 Å². The first-order chi connectivity index (χ1) is 8.78. The Morgan fingerprint density at radius 3 is 3.22 bits per heavy atom. The maximum Gasteiger partial charge on any atom is 0.123 e. The van der Waals surface area contributed by atoms with Crippen molar-refractivity contribution in [2.45, 2.75) is 38.4 Å². The van der Waals surface area contributed by atoms with E-state index in [0.717, 1.165) is 61.1 Å². The van der Waals surface area contributed by atoms with Crippen LogP contribution in [0.1, 0.15) is 47.6 Å². The van der Waals surface area contributed by atoms with E-state index in [1.165, 1.54) is 0 Å². The van der Waals surface area contributed by atoms with Gasteiger partial charge in [-0.25, -0.2) is 4.98 Å². The number of nitrogens with zero attached hydrogens (tertiary/aromatic N) is 2. The van der Waals surface area contributed by atoms with Gasteiger partial charge in [-0.3, -0.25) is 4.90 Å². The molecule has 1 aliphatic heterocycles. The molecule has 0 amide bonds. The molecule has 1 N–H and O–H groups in total. The standard InChI is InChI=1S/C13H20N2O2S/c1-2-15-6-7-17-11(8-15)13-14-9-4-3-5-10(16)12(9)18-13/h10-11,16H,2-8H2,1H3. The molecule has 1 saturated heterocycles. The second-order valence-corrected chi connectivity index (χ2v) is 6.09. The molecular formula is C13H20N2O2S. The molecule has 2 unspecified atom stereocenters. The molecule has 4 nitrogen and oxygen atoms in total. The first kappa shape index (κ1) is 12.5. The highest BCUT2D eigenvalue weighted by Gasteiger charge is 2.28. The topological polar surface area (TPSA) is 45.6 Å². The van der Waals surface area contributed by atoms with E-state index in [9.17, 15) is 5.11 Å². The monoisotopic (exact) mass is 268 g/mol. The number of likely N-dealkylation sites (N-methyl/N-ethyl adjacent to an activating group) is 1. The van der Waals surface area contributed by atoms with E-state index in [1.807, 2.05) is 0 Å². The van der Waals surface area contributed by atoms with Gasteiger partial charge >= 0.3 is 0 Å². The molecule has 0 aromatic carbocycles. The number of morpholine rings is 1. The van der Waals surface area contributed by atoms with Gasteiger partial charge in [0, 0.05) is 13.1 Å². The lowest BCUT2D eigenvalue weighted by Crippen LogP contribution is -2.38. The summed E-state index contributed by atoms with van der Waals surface area (Å²) < 4.78 is 5.83. The van der Waals surface area contributed by atoms with E-state index in [2.05, 4.69) is 11.8 Å². The number of aliphatic hydroxyl groups is 1. The number of hydrogen-bond acceptors (Lipinski definition) is 5. The van der Waals surface area contributed by atoms with Crippen molar-refractivity contribution in [2.24, 2.45) is 0 Å². The number of aliphatic hydroxyl groups excluding tert-OH is 1. The summed E-state index contributed by atoms with van der Waals surface area (Å²) in [6.45, 7) is 5.97. The van der Waals surface area contributed by atoms with Crippen LogP contribution >= 0.6 is 11.3 Å². The third-order valence-corrected chi connectivity index (χ3v) is 5.10. The largest absolute Gasteiger partial charge is 0.388 e. The van der Waals surface area contributed by atoms with Gasteiger partial charge in [-0.15, -0.1) is 11.3 Å². The first-order valence-corrected chi connectivity index (χ1v) is 7.61. The van der Waals surface area contributed by atoms with E-state index in [0.29, 0.717) is 0 Å². The van der Waals surface area contributed by atoms with Crippen molar-refractivity contribution < 1.29 is 9.84 Å². The summed E-state index contributed by atoms with van der Waals surface area (Å²) in [7, 11) is 0. The average molecular weight is 268 g/mol. The fraction of sp³-hybridized carbons (Fsp3) is 0.769. The third-order valence-electron chi connectivity index (χ3n) is 3.81. The number of aryl methyl sites for hydroxylation is 1. The van der Waals surface area contributed by atoms with Gasteiger partial charge in [0.2, 0.25) is 0 Å². The summed E-state index contributed by atoms with van der Waals surface area (Å²) in [5.74, 6) is 0. The zero-order valence-electron chi connectivity index (χ0n) is 10.8. The lowest BCUT2D eigenvalue weighted by Gasteiger charge is -2.30. The minimum absolute atomic E-state index is 0.0986. The fourth-order valence-electron chi connectivity index (χ4n) is 2.69. The van der Waals surface area contributed by atoms with E-state index < -0.39 is 0 Å². The van der Waals surface area contributed by atoms with Gasteiger partial charge < -0.3 is 9.84 Å². The van der Waals surface area contributed by atoms with E-state index in [4.69, 9.17) is 9.72 Å². The van der Waals surface area contributed by atoms with Gasteiger partial charge in [0.05, 0.1) is 23.3 Å². The molecule has 1 aromatic rings. The number of aromatic nitrogens is 1.